The van der Waals surface area contributed by atoms with Crippen molar-refractivity contribution in [1.29, 1.82) is 0 Å². The number of hydrogen-bond donors (Lipinski definition) is 0. The van der Waals surface area contributed by atoms with Crippen molar-refractivity contribution in [1.82, 2.24) is 0 Å². The zero-order chi connectivity index (χ0) is 21.1. The summed E-state index contributed by atoms with van der Waals surface area (Å²) in [4.78, 5) is 4.91. The van der Waals surface area contributed by atoms with Crippen LogP contribution in [0.15, 0.2) is 77.3 Å². The van der Waals surface area contributed by atoms with E-state index in [4.69, 9.17) is 19.2 Å². The summed E-state index contributed by atoms with van der Waals surface area (Å²) in [6, 6.07) is 16.8. The Morgan fingerprint density at radius 3 is 2.10 bits per heavy atom. The van der Waals surface area contributed by atoms with Crippen molar-refractivity contribution in [2.24, 2.45) is 10.9 Å². The van der Waals surface area contributed by atoms with Crippen molar-refractivity contribution in [2.45, 2.75) is 25.5 Å². The highest BCUT2D eigenvalue weighted by Crippen LogP contribution is 2.50. The van der Waals surface area contributed by atoms with E-state index in [0.29, 0.717) is 12.5 Å². The SMILES string of the molecule is COc1ccccc1P(c1ccccc1OC)C1C=CC=C1C1=NC(C(C)C)CO1. The van der Waals surface area contributed by atoms with E-state index in [-0.39, 0.29) is 11.7 Å². The molecule has 1 aliphatic heterocycles. The molecule has 4 nitrogen and oxygen atoms in total. The van der Waals surface area contributed by atoms with Crippen LogP contribution in [0.4, 0.5) is 0 Å². The van der Waals surface area contributed by atoms with Crippen molar-refractivity contribution >= 4 is 24.4 Å². The molecule has 156 valence electrons. The number of benzene rings is 2. The molecule has 0 N–H and O–H groups in total. The van der Waals surface area contributed by atoms with Gasteiger partial charge in [0.25, 0.3) is 0 Å². The molecule has 0 saturated heterocycles. The van der Waals surface area contributed by atoms with Gasteiger partial charge in [-0.2, -0.15) is 0 Å². The monoisotopic (exact) mass is 421 g/mol. The molecule has 30 heavy (non-hydrogen) atoms. The predicted molar refractivity (Wildman–Crippen MR) is 125 cm³/mol. The Kier molecular flexibility index (Phi) is 6.24. The summed E-state index contributed by atoms with van der Waals surface area (Å²) in [5, 5.41) is 2.36. The van der Waals surface area contributed by atoms with E-state index in [1.165, 1.54) is 10.6 Å². The Morgan fingerprint density at radius 1 is 0.967 bits per heavy atom. The summed E-state index contributed by atoms with van der Waals surface area (Å²) in [5.41, 5.74) is 1.28. The van der Waals surface area contributed by atoms with Crippen LogP contribution in [-0.4, -0.2) is 38.4 Å². The Balaban J connectivity index is 1.81. The van der Waals surface area contributed by atoms with Gasteiger partial charge in [0.1, 0.15) is 18.1 Å². The molecule has 0 radical (unpaired) electrons. The molecule has 2 aromatic carbocycles. The molecule has 0 saturated carbocycles. The van der Waals surface area contributed by atoms with Crippen molar-refractivity contribution in [2.75, 3.05) is 20.8 Å². The third-order valence-corrected chi connectivity index (χ3v) is 8.33. The second-order valence-corrected chi connectivity index (χ2v) is 9.98. The van der Waals surface area contributed by atoms with Gasteiger partial charge in [-0.3, -0.25) is 0 Å². The molecule has 2 atom stereocenters. The minimum Gasteiger partial charge on any atom is -0.496 e. The molecule has 0 fully saturated rings. The average molecular weight is 421 g/mol. The molecule has 4 rings (SSSR count). The number of rotatable bonds is 7. The van der Waals surface area contributed by atoms with Gasteiger partial charge in [-0.15, -0.1) is 0 Å². The van der Waals surface area contributed by atoms with Crippen molar-refractivity contribution in [3.05, 3.63) is 72.3 Å². The second-order valence-electron chi connectivity index (χ2n) is 7.72. The Bertz CT molecular complexity index is 948. The molecule has 5 heteroatoms. The quantitative estimate of drug-likeness (QED) is 0.620. The summed E-state index contributed by atoms with van der Waals surface area (Å²) in [5.74, 6) is 3.02. The largest absolute Gasteiger partial charge is 0.496 e. The van der Waals surface area contributed by atoms with Gasteiger partial charge in [-0.1, -0.05) is 68.5 Å². The van der Waals surface area contributed by atoms with Crippen LogP contribution in [0.5, 0.6) is 11.5 Å². The molecule has 1 aliphatic carbocycles. The highest BCUT2D eigenvalue weighted by molar-refractivity contribution is 7.74. The van der Waals surface area contributed by atoms with Gasteiger partial charge >= 0.3 is 0 Å². The van der Waals surface area contributed by atoms with Crippen LogP contribution in [0.3, 0.4) is 0 Å². The molecule has 2 aromatic rings. The van der Waals surface area contributed by atoms with E-state index in [0.717, 1.165) is 23.0 Å². The number of para-hydroxylation sites is 2. The van der Waals surface area contributed by atoms with Crippen molar-refractivity contribution in [3.8, 4) is 11.5 Å². The zero-order valence-corrected chi connectivity index (χ0v) is 18.8. The summed E-state index contributed by atoms with van der Waals surface area (Å²) < 4.78 is 17.6. The Morgan fingerprint density at radius 2 is 1.57 bits per heavy atom. The minimum absolute atomic E-state index is 0.136. The summed E-state index contributed by atoms with van der Waals surface area (Å²) in [7, 11) is 2.60. The lowest BCUT2D eigenvalue weighted by Gasteiger charge is -2.28. The predicted octanol–water partition coefficient (Wildman–Crippen LogP) is 4.45. The molecule has 1 heterocycles. The molecular formula is C25H28NO3P. The van der Waals surface area contributed by atoms with Gasteiger partial charge < -0.3 is 14.2 Å². The maximum absolute atomic E-state index is 6.07. The summed E-state index contributed by atoms with van der Waals surface area (Å²) >= 11 is 0. The van der Waals surface area contributed by atoms with Crippen LogP contribution in [0, 0.1) is 5.92 Å². The molecule has 2 unspecified atom stereocenters. The Hall–Kier alpha value is -2.58. The number of methoxy groups -OCH3 is 2. The smallest absolute Gasteiger partial charge is 0.213 e. The van der Waals surface area contributed by atoms with Gasteiger partial charge in [0, 0.05) is 21.8 Å². The molecule has 0 bridgehead atoms. The Labute approximate surface area is 180 Å². The minimum atomic E-state index is -0.856. The van der Waals surface area contributed by atoms with Crippen LogP contribution in [0.2, 0.25) is 0 Å². The standard InChI is InChI=1S/C25H28NO3P/c1-17(2)19-16-29-25(26-19)18-10-9-15-22(18)30(23-13-7-5-11-20(23)27-3)24-14-8-6-12-21(24)28-4/h5-15,17,19,22H,16H2,1-4H3. The second kappa shape index (κ2) is 9.06. The highest BCUT2D eigenvalue weighted by Gasteiger charge is 2.36. The third-order valence-electron chi connectivity index (χ3n) is 5.55. The molecule has 0 amide bonds. The maximum Gasteiger partial charge on any atom is 0.213 e. The fourth-order valence-electron chi connectivity index (χ4n) is 3.87. The van der Waals surface area contributed by atoms with Crippen LogP contribution in [0.1, 0.15) is 13.8 Å². The first-order valence-corrected chi connectivity index (χ1v) is 11.7. The first-order chi connectivity index (χ1) is 14.6. The van der Waals surface area contributed by atoms with Gasteiger partial charge in [0.05, 0.1) is 20.3 Å². The number of ether oxygens (including phenoxy) is 3. The van der Waals surface area contributed by atoms with Crippen molar-refractivity contribution in [3.63, 3.8) is 0 Å². The number of hydrogen-bond acceptors (Lipinski definition) is 4. The molecule has 2 aliphatic rings. The van der Waals surface area contributed by atoms with Crippen LogP contribution in [-0.2, 0) is 4.74 Å². The maximum atomic E-state index is 6.07. The molecular weight excluding hydrogens is 393 g/mol. The topological polar surface area (TPSA) is 40.0 Å². The summed E-state index contributed by atoms with van der Waals surface area (Å²) in [6.45, 7) is 5.03. The first-order valence-electron chi connectivity index (χ1n) is 10.3. The van der Waals surface area contributed by atoms with E-state index < -0.39 is 7.92 Å². The van der Waals surface area contributed by atoms with E-state index in [1.54, 1.807) is 14.2 Å². The third kappa shape index (κ3) is 3.89. The van der Waals surface area contributed by atoms with Gasteiger partial charge in [0.2, 0.25) is 5.90 Å². The van der Waals surface area contributed by atoms with Gasteiger partial charge in [-0.25, -0.2) is 4.99 Å². The van der Waals surface area contributed by atoms with E-state index in [2.05, 4.69) is 56.3 Å². The average Bonchev–Trinajstić information content (AvgIpc) is 3.44. The lowest BCUT2D eigenvalue weighted by Crippen LogP contribution is -2.26. The van der Waals surface area contributed by atoms with Crippen LogP contribution in [0.25, 0.3) is 0 Å². The number of nitrogens with zero attached hydrogens (tertiary/aromatic N) is 1. The fraction of sp³-hybridized carbons (Fsp3) is 0.320. The van der Waals surface area contributed by atoms with Crippen molar-refractivity contribution < 1.29 is 14.2 Å². The fourth-order valence-corrected chi connectivity index (χ4v) is 6.77. The number of aliphatic imine (C=N–C) groups is 1. The van der Waals surface area contributed by atoms with E-state index in [9.17, 15) is 0 Å². The van der Waals surface area contributed by atoms with Crippen LogP contribution >= 0.6 is 7.92 Å². The summed E-state index contributed by atoms with van der Waals surface area (Å²) in [6.07, 6.45) is 6.52. The lowest BCUT2D eigenvalue weighted by atomic mass is 10.1. The molecule has 0 spiro atoms. The van der Waals surface area contributed by atoms with E-state index >= 15 is 0 Å². The first kappa shape index (κ1) is 20.7. The normalized spacial score (nSPS) is 20.3. The van der Waals surface area contributed by atoms with E-state index in [1.807, 2.05) is 24.3 Å². The lowest BCUT2D eigenvalue weighted by molar-refractivity contribution is 0.291. The number of allylic oxidation sites excluding steroid dienone is 3. The van der Waals surface area contributed by atoms with Gasteiger partial charge in [-0.05, 0) is 26.0 Å². The highest BCUT2D eigenvalue weighted by atomic mass is 31.1. The molecule has 0 aromatic heterocycles. The van der Waals surface area contributed by atoms with Gasteiger partial charge in [0.15, 0.2) is 0 Å². The zero-order valence-electron chi connectivity index (χ0n) is 17.9. The van der Waals surface area contributed by atoms with Crippen LogP contribution < -0.4 is 20.1 Å².